The number of fused-ring (bicyclic) bond motifs is 1. The number of methoxy groups -OCH3 is 1. The zero-order valence-electron chi connectivity index (χ0n) is 23.9. The minimum absolute atomic E-state index is 0.0386. The fraction of sp³-hybridized carbons (Fsp3) is 0.333. The van der Waals surface area contributed by atoms with E-state index in [4.69, 9.17) is 4.74 Å². The lowest BCUT2D eigenvalue weighted by molar-refractivity contribution is 0.102. The van der Waals surface area contributed by atoms with Crippen LogP contribution in [0.25, 0.3) is 10.9 Å². The maximum Gasteiger partial charge on any atom is 0.258 e. The molecular formula is C30H35FN6O4S. The van der Waals surface area contributed by atoms with Crippen LogP contribution in [0, 0.1) is 5.82 Å². The molecule has 1 fully saturated rings. The summed E-state index contributed by atoms with van der Waals surface area (Å²) in [6.45, 7) is 6.30. The average molecular weight is 595 g/mol. The minimum atomic E-state index is -4.00. The number of hydrogen-bond donors (Lipinski definition) is 3. The van der Waals surface area contributed by atoms with Gasteiger partial charge in [0.2, 0.25) is 9.84 Å². The quantitative estimate of drug-likeness (QED) is 0.248. The summed E-state index contributed by atoms with van der Waals surface area (Å²) in [7, 11) is -0.237. The van der Waals surface area contributed by atoms with Crippen molar-refractivity contribution in [2.24, 2.45) is 0 Å². The number of halogens is 1. The molecular weight excluding hydrogens is 559 g/mol. The maximum absolute atomic E-state index is 13.8. The number of aromatic amines is 1. The summed E-state index contributed by atoms with van der Waals surface area (Å²) in [6, 6.07) is 15.0. The van der Waals surface area contributed by atoms with E-state index in [-0.39, 0.29) is 21.7 Å². The van der Waals surface area contributed by atoms with Crippen LogP contribution < -0.4 is 15.5 Å². The topological polar surface area (TPSA) is 120 Å². The molecule has 1 amide bonds. The lowest BCUT2D eigenvalue weighted by Gasteiger charge is -2.34. The van der Waals surface area contributed by atoms with E-state index in [1.807, 2.05) is 19.1 Å². The average Bonchev–Trinajstić information content (AvgIpc) is 3.38. The Morgan fingerprint density at radius 3 is 2.57 bits per heavy atom. The predicted octanol–water partition coefficient (Wildman–Crippen LogP) is 4.38. The minimum Gasteiger partial charge on any atom is -0.385 e. The molecule has 0 radical (unpaired) electrons. The van der Waals surface area contributed by atoms with Gasteiger partial charge in [0.15, 0.2) is 5.82 Å². The van der Waals surface area contributed by atoms with Gasteiger partial charge in [-0.25, -0.2) is 12.8 Å². The second-order valence-electron chi connectivity index (χ2n) is 10.5. The smallest absolute Gasteiger partial charge is 0.258 e. The third-order valence-electron chi connectivity index (χ3n) is 7.46. The third kappa shape index (κ3) is 6.40. The summed E-state index contributed by atoms with van der Waals surface area (Å²) in [4.78, 5) is 18.0. The van der Waals surface area contributed by atoms with E-state index in [1.165, 1.54) is 30.3 Å². The monoisotopic (exact) mass is 594 g/mol. The molecule has 10 nitrogen and oxygen atoms in total. The Bertz CT molecular complexity index is 1680. The highest BCUT2D eigenvalue weighted by Gasteiger charge is 2.22. The van der Waals surface area contributed by atoms with Gasteiger partial charge in [-0.1, -0.05) is 6.07 Å². The van der Waals surface area contributed by atoms with Crippen molar-refractivity contribution in [3.8, 4) is 0 Å². The fourth-order valence-corrected chi connectivity index (χ4v) is 6.26. The molecule has 0 unspecified atom stereocenters. The van der Waals surface area contributed by atoms with E-state index in [0.29, 0.717) is 28.8 Å². The van der Waals surface area contributed by atoms with E-state index < -0.39 is 21.6 Å². The number of sulfone groups is 1. The summed E-state index contributed by atoms with van der Waals surface area (Å²) in [5, 5.41) is 13.8. The number of rotatable bonds is 10. The molecule has 1 saturated heterocycles. The Balaban J connectivity index is 1.44. The summed E-state index contributed by atoms with van der Waals surface area (Å²) in [5.74, 6) is -0.853. The number of anilines is 3. The molecule has 1 aliphatic rings. The lowest BCUT2D eigenvalue weighted by atomic mass is 10.1. The van der Waals surface area contributed by atoms with E-state index in [1.54, 1.807) is 19.2 Å². The van der Waals surface area contributed by atoms with Crippen molar-refractivity contribution in [1.29, 1.82) is 0 Å². The van der Waals surface area contributed by atoms with E-state index in [2.05, 4.69) is 37.7 Å². The van der Waals surface area contributed by atoms with E-state index in [0.717, 1.165) is 44.4 Å². The number of nitrogens with zero attached hydrogens (tertiary/aromatic N) is 3. The Morgan fingerprint density at radius 2 is 1.83 bits per heavy atom. The third-order valence-corrected chi connectivity index (χ3v) is 9.21. The zero-order valence-corrected chi connectivity index (χ0v) is 24.7. The van der Waals surface area contributed by atoms with Crippen LogP contribution in [0.15, 0.2) is 70.5 Å². The number of ether oxygens (including phenoxy) is 1. The number of piperazine rings is 1. The molecule has 3 N–H and O–H groups in total. The SMILES string of the molecule is COCC[C@@H](C)Nc1cc(N2CCN(C)CC2)ccc1C(=O)Nc1n[nH]c2ccc(S(=O)(=O)c3cccc(F)c3)cc12. The van der Waals surface area contributed by atoms with Crippen molar-refractivity contribution in [2.75, 3.05) is 62.5 Å². The Labute approximate surface area is 244 Å². The summed E-state index contributed by atoms with van der Waals surface area (Å²) >= 11 is 0. The Hall–Kier alpha value is -4.00. The van der Waals surface area contributed by atoms with Crippen LogP contribution in [0.2, 0.25) is 0 Å². The lowest BCUT2D eigenvalue weighted by Crippen LogP contribution is -2.44. The van der Waals surface area contributed by atoms with Gasteiger partial charge in [0.25, 0.3) is 5.91 Å². The van der Waals surface area contributed by atoms with Crippen molar-refractivity contribution in [3.63, 3.8) is 0 Å². The molecule has 0 spiro atoms. The molecule has 1 aromatic heterocycles. The van der Waals surface area contributed by atoms with Crippen LogP contribution in [-0.2, 0) is 14.6 Å². The van der Waals surface area contributed by atoms with Crippen LogP contribution in [0.3, 0.4) is 0 Å². The highest BCUT2D eigenvalue weighted by Crippen LogP contribution is 2.30. The molecule has 2 heterocycles. The molecule has 0 saturated carbocycles. The number of H-pyrrole nitrogens is 1. The maximum atomic E-state index is 13.8. The first-order chi connectivity index (χ1) is 20.2. The summed E-state index contributed by atoms with van der Waals surface area (Å²) in [5.41, 5.74) is 2.68. The van der Waals surface area contributed by atoms with E-state index >= 15 is 0 Å². The molecule has 5 rings (SSSR count). The molecule has 1 atom stereocenters. The van der Waals surface area contributed by atoms with Gasteiger partial charge in [-0.05, 0) is 75.0 Å². The molecule has 0 aliphatic carbocycles. The van der Waals surface area contributed by atoms with Crippen LogP contribution in [-0.4, -0.2) is 82.4 Å². The molecule has 12 heteroatoms. The molecule has 3 aromatic carbocycles. The van der Waals surface area contributed by atoms with Gasteiger partial charge in [-0.3, -0.25) is 9.89 Å². The molecule has 0 bridgehead atoms. The molecule has 4 aromatic rings. The fourth-order valence-electron chi connectivity index (χ4n) is 4.94. The van der Waals surface area contributed by atoms with Gasteiger partial charge in [0.05, 0.1) is 20.9 Å². The van der Waals surface area contributed by atoms with Gasteiger partial charge >= 0.3 is 0 Å². The van der Waals surface area contributed by atoms with Crippen LogP contribution >= 0.6 is 0 Å². The predicted molar refractivity (Wildman–Crippen MR) is 162 cm³/mol. The van der Waals surface area contributed by atoms with Crippen molar-refractivity contribution < 1.29 is 22.3 Å². The number of likely N-dealkylation sites (N-methyl/N-ethyl adjacent to an activating group) is 1. The number of nitrogens with one attached hydrogen (secondary N) is 3. The Kier molecular flexibility index (Phi) is 8.76. The zero-order chi connectivity index (χ0) is 29.9. The molecule has 222 valence electrons. The summed E-state index contributed by atoms with van der Waals surface area (Å²) < 4.78 is 45.4. The number of benzene rings is 3. The second kappa shape index (κ2) is 12.5. The highest BCUT2D eigenvalue weighted by molar-refractivity contribution is 7.91. The highest BCUT2D eigenvalue weighted by atomic mass is 32.2. The number of carbonyl (C=O) groups is 1. The first-order valence-electron chi connectivity index (χ1n) is 13.8. The number of hydrogen-bond acceptors (Lipinski definition) is 8. The first-order valence-corrected chi connectivity index (χ1v) is 15.3. The van der Waals surface area contributed by atoms with Gasteiger partial charge in [0.1, 0.15) is 5.82 Å². The van der Waals surface area contributed by atoms with Crippen molar-refractivity contribution >= 4 is 43.8 Å². The number of aromatic nitrogens is 2. The van der Waals surface area contributed by atoms with Gasteiger partial charge < -0.3 is 25.2 Å². The second-order valence-corrected chi connectivity index (χ2v) is 12.5. The molecule has 1 aliphatic heterocycles. The van der Waals surface area contributed by atoms with Crippen LogP contribution in [0.5, 0.6) is 0 Å². The van der Waals surface area contributed by atoms with Gasteiger partial charge in [-0.2, -0.15) is 5.10 Å². The van der Waals surface area contributed by atoms with Crippen LogP contribution in [0.4, 0.5) is 21.6 Å². The normalized spacial score (nSPS) is 15.1. The first kappa shape index (κ1) is 29.5. The largest absolute Gasteiger partial charge is 0.385 e. The van der Waals surface area contributed by atoms with E-state index in [9.17, 15) is 17.6 Å². The van der Waals surface area contributed by atoms with Crippen LogP contribution in [0.1, 0.15) is 23.7 Å². The summed E-state index contributed by atoms with van der Waals surface area (Å²) in [6.07, 6.45) is 0.753. The molecule has 42 heavy (non-hydrogen) atoms. The van der Waals surface area contributed by atoms with Gasteiger partial charge in [0, 0.05) is 62.7 Å². The van der Waals surface area contributed by atoms with Crippen molar-refractivity contribution in [1.82, 2.24) is 15.1 Å². The Morgan fingerprint density at radius 1 is 1.07 bits per heavy atom. The van der Waals surface area contributed by atoms with Crippen molar-refractivity contribution in [2.45, 2.75) is 29.2 Å². The standard InChI is InChI=1S/C30H35FN6O4S/c1-20(11-16-41-3)32-28-18-22(37-14-12-36(2)13-15-37)7-9-25(28)30(38)33-29-26-19-24(8-10-27(26)34-35-29)42(39,40)23-6-4-5-21(31)17-23/h4-10,17-20,32H,11-16H2,1-3H3,(H2,33,34,35,38)/t20-/m1/s1. The number of carbonyl (C=O) groups excluding carboxylic acids is 1. The number of amides is 1. The van der Waals surface area contributed by atoms with Crippen molar-refractivity contribution in [3.05, 3.63) is 72.0 Å². The van der Waals surface area contributed by atoms with Gasteiger partial charge in [-0.15, -0.1) is 0 Å².